The Morgan fingerprint density at radius 1 is 1.21 bits per heavy atom. The van der Waals surface area contributed by atoms with Crippen LogP contribution in [0.1, 0.15) is 17.5 Å². The average Bonchev–Trinajstić information content (AvgIpc) is 3.03. The molecular weight excluding hydrogens is 343 g/mol. The summed E-state index contributed by atoms with van der Waals surface area (Å²) in [6.45, 7) is 2.57. The number of rotatable bonds is 3. The highest BCUT2D eigenvalue weighted by Crippen LogP contribution is 2.30. The van der Waals surface area contributed by atoms with Crippen molar-refractivity contribution in [1.29, 1.82) is 0 Å². The maximum Gasteiger partial charge on any atom is 0.137 e. The Hall–Kier alpha value is -1.88. The van der Waals surface area contributed by atoms with Crippen LogP contribution in [0, 0.1) is 0 Å². The second-order valence-corrected chi connectivity index (χ2v) is 6.71. The average molecular weight is 359 g/mol. The minimum atomic E-state index is 0.625. The lowest BCUT2D eigenvalue weighted by molar-refractivity contribution is 0.294. The van der Waals surface area contributed by atoms with E-state index in [0.717, 1.165) is 37.3 Å². The zero-order valence-electron chi connectivity index (χ0n) is 13.0. The molecular formula is C18H16Cl2N4. The quantitative estimate of drug-likeness (QED) is 0.746. The molecule has 1 aliphatic rings. The largest absolute Gasteiger partial charge is 0.346 e. The summed E-state index contributed by atoms with van der Waals surface area (Å²) in [5.74, 6) is 0. The fraction of sp³-hybridized carbons (Fsp3) is 0.222. The number of hydrogen-bond donors (Lipinski definition) is 1. The summed E-state index contributed by atoms with van der Waals surface area (Å²) in [5, 5.41) is 2.43. The first-order chi connectivity index (χ1) is 11.7. The van der Waals surface area contributed by atoms with Crippen molar-refractivity contribution in [3.8, 4) is 0 Å². The normalized spacial score (nSPS) is 15.7. The number of aromatic amines is 1. The van der Waals surface area contributed by atoms with Crippen molar-refractivity contribution in [3.05, 3.63) is 64.2 Å². The van der Waals surface area contributed by atoms with Gasteiger partial charge in [-0.1, -0.05) is 29.3 Å². The van der Waals surface area contributed by atoms with Crippen LogP contribution >= 0.6 is 23.2 Å². The fourth-order valence-electron chi connectivity index (χ4n) is 3.13. The van der Waals surface area contributed by atoms with Crippen molar-refractivity contribution in [2.24, 2.45) is 0 Å². The van der Waals surface area contributed by atoms with Gasteiger partial charge >= 0.3 is 0 Å². The zero-order valence-corrected chi connectivity index (χ0v) is 14.5. The van der Waals surface area contributed by atoms with Gasteiger partial charge in [-0.2, -0.15) is 0 Å². The number of nitrogens with zero attached hydrogens (tertiary/aromatic N) is 3. The highest BCUT2D eigenvalue weighted by molar-refractivity contribution is 6.35. The molecule has 1 N–H and O–H groups in total. The molecule has 3 aromatic rings. The molecule has 24 heavy (non-hydrogen) atoms. The zero-order chi connectivity index (χ0) is 16.5. The maximum absolute atomic E-state index is 6.22. The lowest BCUT2D eigenvalue weighted by Gasteiger charge is -2.27. The molecule has 0 fully saturated rings. The molecule has 0 atom stereocenters. The van der Waals surface area contributed by atoms with E-state index in [2.05, 4.69) is 38.2 Å². The summed E-state index contributed by atoms with van der Waals surface area (Å²) >= 11 is 12.4. The Morgan fingerprint density at radius 3 is 2.79 bits per heavy atom. The molecule has 0 aromatic carbocycles. The second-order valence-electron chi connectivity index (χ2n) is 5.90. The van der Waals surface area contributed by atoms with Crippen molar-refractivity contribution in [2.75, 3.05) is 13.1 Å². The van der Waals surface area contributed by atoms with Crippen LogP contribution in [0.15, 0.2) is 43.0 Å². The van der Waals surface area contributed by atoms with Gasteiger partial charge in [-0.25, -0.2) is 4.98 Å². The van der Waals surface area contributed by atoms with Crippen LogP contribution in [0.3, 0.4) is 0 Å². The standard InChI is InChI=1S/C18H16Cl2N4/c19-16-9-21-10-17(20)15(16)11-24-6-3-12(4-7-24)14-8-23-18-13(14)2-1-5-22-18/h1-3,5,8-10H,4,6-7,11H2,(H,22,23). The van der Waals surface area contributed by atoms with Crippen LogP contribution in [0.5, 0.6) is 0 Å². The molecule has 4 heterocycles. The van der Waals surface area contributed by atoms with Crippen molar-refractivity contribution in [1.82, 2.24) is 19.9 Å². The van der Waals surface area contributed by atoms with Crippen LogP contribution in [-0.2, 0) is 6.54 Å². The number of fused-ring (bicyclic) bond motifs is 1. The van der Waals surface area contributed by atoms with E-state index in [4.69, 9.17) is 23.2 Å². The van der Waals surface area contributed by atoms with Crippen molar-refractivity contribution < 1.29 is 0 Å². The molecule has 4 nitrogen and oxygen atoms in total. The molecule has 0 unspecified atom stereocenters. The predicted octanol–water partition coefficient (Wildman–Crippen LogP) is 4.55. The predicted molar refractivity (Wildman–Crippen MR) is 98.2 cm³/mol. The molecule has 0 saturated carbocycles. The molecule has 0 radical (unpaired) electrons. The number of nitrogens with one attached hydrogen (secondary N) is 1. The highest BCUT2D eigenvalue weighted by atomic mass is 35.5. The minimum Gasteiger partial charge on any atom is -0.346 e. The number of H-pyrrole nitrogens is 1. The lowest BCUT2D eigenvalue weighted by atomic mass is 9.99. The summed E-state index contributed by atoms with van der Waals surface area (Å²) < 4.78 is 0. The Kier molecular flexibility index (Phi) is 4.27. The van der Waals surface area contributed by atoms with E-state index in [1.807, 2.05) is 12.3 Å². The van der Waals surface area contributed by atoms with Gasteiger partial charge in [0.1, 0.15) is 5.65 Å². The smallest absolute Gasteiger partial charge is 0.137 e. The van der Waals surface area contributed by atoms with E-state index in [0.29, 0.717) is 10.0 Å². The third kappa shape index (κ3) is 2.93. The second kappa shape index (κ2) is 6.55. The van der Waals surface area contributed by atoms with Gasteiger partial charge in [0.15, 0.2) is 0 Å². The van der Waals surface area contributed by atoms with Gasteiger partial charge in [0, 0.05) is 60.9 Å². The Balaban J connectivity index is 1.53. The number of hydrogen-bond acceptors (Lipinski definition) is 3. The molecule has 4 rings (SSSR count). The van der Waals surface area contributed by atoms with Crippen molar-refractivity contribution >= 4 is 39.8 Å². The monoisotopic (exact) mass is 358 g/mol. The van der Waals surface area contributed by atoms with Crippen LogP contribution < -0.4 is 0 Å². The van der Waals surface area contributed by atoms with Crippen LogP contribution in [-0.4, -0.2) is 32.9 Å². The fourth-order valence-corrected chi connectivity index (χ4v) is 3.62. The molecule has 0 saturated heterocycles. The van der Waals surface area contributed by atoms with Crippen molar-refractivity contribution in [3.63, 3.8) is 0 Å². The summed E-state index contributed by atoms with van der Waals surface area (Å²) in [6, 6.07) is 4.08. The molecule has 3 aromatic heterocycles. The van der Waals surface area contributed by atoms with Gasteiger partial charge in [-0.05, 0) is 24.1 Å². The van der Waals surface area contributed by atoms with Crippen LogP contribution in [0.4, 0.5) is 0 Å². The molecule has 0 spiro atoms. The minimum absolute atomic E-state index is 0.625. The first-order valence-corrected chi connectivity index (χ1v) is 8.59. The number of halogens is 2. The van der Waals surface area contributed by atoms with Gasteiger partial charge in [-0.3, -0.25) is 9.88 Å². The Labute approximate surface area is 150 Å². The molecule has 6 heteroatoms. The van der Waals surface area contributed by atoms with E-state index < -0.39 is 0 Å². The lowest BCUT2D eigenvalue weighted by Crippen LogP contribution is -2.28. The first-order valence-electron chi connectivity index (χ1n) is 7.84. The van der Waals surface area contributed by atoms with E-state index in [-0.39, 0.29) is 0 Å². The van der Waals surface area contributed by atoms with E-state index in [9.17, 15) is 0 Å². The van der Waals surface area contributed by atoms with E-state index >= 15 is 0 Å². The summed E-state index contributed by atoms with van der Waals surface area (Å²) in [4.78, 5) is 13.9. The number of aromatic nitrogens is 3. The summed E-state index contributed by atoms with van der Waals surface area (Å²) in [5.41, 5.74) is 4.49. The molecule has 0 aliphatic carbocycles. The van der Waals surface area contributed by atoms with Gasteiger partial charge in [0.25, 0.3) is 0 Å². The van der Waals surface area contributed by atoms with Crippen molar-refractivity contribution in [2.45, 2.75) is 13.0 Å². The van der Waals surface area contributed by atoms with E-state index in [1.165, 1.54) is 16.5 Å². The van der Waals surface area contributed by atoms with Gasteiger partial charge in [0.05, 0.1) is 10.0 Å². The molecule has 1 aliphatic heterocycles. The van der Waals surface area contributed by atoms with Gasteiger partial charge in [0.2, 0.25) is 0 Å². The maximum atomic E-state index is 6.22. The summed E-state index contributed by atoms with van der Waals surface area (Å²) in [6.07, 6.45) is 10.4. The molecule has 0 bridgehead atoms. The Morgan fingerprint density at radius 2 is 2.04 bits per heavy atom. The third-order valence-corrected chi connectivity index (χ3v) is 5.08. The number of pyridine rings is 2. The SMILES string of the molecule is Clc1cncc(Cl)c1CN1CC=C(c2c[nH]c3ncccc23)CC1. The first kappa shape index (κ1) is 15.6. The molecule has 122 valence electrons. The topological polar surface area (TPSA) is 44.8 Å². The highest BCUT2D eigenvalue weighted by Gasteiger charge is 2.18. The van der Waals surface area contributed by atoms with Gasteiger partial charge in [-0.15, -0.1) is 0 Å². The van der Waals surface area contributed by atoms with E-state index in [1.54, 1.807) is 12.4 Å². The third-order valence-electron chi connectivity index (χ3n) is 4.42. The molecule has 0 amide bonds. The summed E-state index contributed by atoms with van der Waals surface area (Å²) in [7, 11) is 0. The Bertz CT molecular complexity index is 896. The van der Waals surface area contributed by atoms with Crippen LogP contribution in [0.25, 0.3) is 16.6 Å². The van der Waals surface area contributed by atoms with Crippen LogP contribution in [0.2, 0.25) is 10.0 Å². The van der Waals surface area contributed by atoms with Gasteiger partial charge < -0.3 is 4.98 Å².